The fourth-order valence-electron chi connectivity index (χ4n) is 1.96. The van der Waals surface area contributed by atoms with Gasteiger partial charge in [0.05, 0.1) is 12.3 Å². The minimum atomic E-state index is 0.327. The van der Waals surface area contributed by atoms with E-state index in [1.807, 2.05) is 12.1 Å². The predicted octanol–water partition coefficient (Wildman–Crippen LogP) is 1.68. The van der Waals surface area contributed by atoms with Crippen LogP contribution in [0.5, 0.6) is 0 Å². The van der Waals surface area contributed by atoms with Gasteiger partial charge in [0.2, 0.25) is 0 Å². The van der Waals surface area contributed by atoms with Crippen LogP contribution in [0.2, 0.25) is 0 Å². The van der Waals surface area contributed by atoms with Crippen molar-refractivity contribution >= 4 is 0 Å². The number of piperidine rings is 1. The summed E-state index contributed by atoms with van der Waals surface area (Å²) in [7, 11) is 0. The standard InChI is InChI=1S/C11H18N2O/c1-9(11-3-2-8-14-11)13-10-4-6-12-7-5-10/h2-3,8-10,12-13H,4-7H2,1H3/t9-/m1/s1. The summed E-state index contributed by atoms with van der Waals surface area (Å²) in [5.74, 6) is 1.03. The van der Waals surface area contributed by atoms with Crippen LogP contribution in [0.15, 0.2) is 22.8 Å². The van der Waals surface area contributed by atoms with Crippen molar-refractivity contribution in [3.8, 4) is 0 Å². The van der Waals surface area contributed by atoms with Crippen molar-refractivity contribution in [3.05, 3.63) is 24.2 Å². The van der Waals surface area contributed by atoms with Crippen molar-refractivity contribution in [1.82, 2.24) is 10.6 Å². The van der Waals surface area contributed by atoms with Gasteiger partial charge in [-0.2, -0.15) is 0 Å². The van der Waals surface area contributed by atoms with Gasteiger partial charge >= 0.3 is 0 Å². The Balaban J connectivity index is 1.84. The average molecular weight is 194 g/mol. The highest BCUT2D eigenvalue weighted by Crippen LogP contribution is 2.15. The predicted molar refractivity (Wildman–Crippen MR) is 56.2 cm³/mol. The van der Waals surface area contributed by atoms with Crippen LogP contribution < -0.4 is 10.6 Å². The van der Waals surface area contributed by atoms with Crippen LogP contribution in [0.3, 0.4) is 0 Å². The Morgan fingerprint density at radius 3 is 2.93 bits per heavy atom. The zero-order chi connectivity index (χ0) is 9.80. The maximum Gasteiger partial charge on any atom is 0.120 e. The Labute approximate surface area is 84.9 Å². The molecule has 1 saturated heterocycles. The van der Waals surface area contributed by atoms with Gasteiger partial charge in [-0.25, -0.2) is 0 Å². The monoisotopic (exact) mass is 194 g/mol. The van der Waals surface area contributed by atoms with Crippen molar-refractivity contribution in [2.75, 3.05) is 13.1 Å². The minimum Gasteiger partial charge on any atom is -0.468 e. The highest BCUT2D eigenvalue weighted by atomic mass is 16.3. The van der Waals surface area contributed by atoms with E-state index in [-0.39, 0.29) is 0 Å². The van der Waals surface area contributed by atoms with Gasteiger partial charge < -0.3 is 15.1 Å². The van der Waals surface area contributed by atoms with Gasteiger partial charge in [-0.3, -0.25) is 0 Å². The van der Waals surface area contributed by atoms with Crippen molar-refractivity contribution in [2.24, 2.45) is 0 Å². The lowest BCUT2D eigenvalue weighted by Gasteiger charge is -2.26. The first-order chi connectivity index (χ1) is 6.86. The molecule has 2 heterocycles. The molecule has 2 N–H and O–H groups in total. The Morgan fingerprint density at radius 2 is 2.29 bits per heavy atom. The summed E-state index contributed by atoms with van der Waals surface area (Å²) in [6.07, 6.45) is 4.16. The van der Waals surface area contributed by atoms with Gasteiger partial charge in [-0.05, 0) is 45.0 Å². The van der Waals surface area contributed by atoms with Crippen LogP contribution in [-0.4, -0.2) is 19.1 Å². The molecule has 2 rings (SSSR count). The Bertz CT molecular complexity index is 252. The van der Waals surface area contributed by atoms with Crippen LogP contribution in [0.1, 0.15) is 31.6 Å². The molecular weight excluding hydrogens is 176 g/mol. The van der Waals surface area contributed by atoms with Crippen molar-refractivity contribution in [3.63, 3.8) is 0 Å². The second-order valence-electron chi connectivity index (χ2n) is 3.93. The summed E-state index contributed by atoms with van der Waals surface area (Å²) in [4.78, 5) is 0. The Kier molecular flexibility index (Phi) is 3.22. The third-order valence-electron chi connectivity index (χ3n) is 2.79. The smallest absolute Gasteiger partial charge is 0.120 e. The Morgan fingerprint density at radius 1 is 1.50 bits per heavy atom. The third-order valence-corrected chi connectivity index (χ3v) is 2.79. The summed E-state index contributed by atoms with van der Waals surface area (Å²) in [5, 5.41) is 6.95. The number of nitrogens with one attached hydrogen (secondary N) is 2. The van der Waals surface area contributed by atoms with Crippen molar-refractivity contribution in [2.45, 2.75) is 31.8 Å². The van der Waals surface area contributed by atoms with Gasteiger partial charge in [0, 0.05) is 6.04 Å². The van der Waals surface area contributed by atoms with E-state index in [9.17, 15) is 0 Å². The molecule has 0 aliphatic carbocycles. The summed E-state index contributed by atoms with van der Waals surface area (Å²) in [6.45, 7) is 4.41. The highest BCUT2D eigenvalue weighted by Gasteiger charge is 2.16. The van der Waals surface area contributed by atoms with E-state index < -0.39 is 0 Å². The molecule has 1 fully saturated rings. The molecule has 1 atom stereocenters. The zero-order valence-corrected chi connectivity index (χ0v) is 8.62. The molecule has 1 aliphatic heterocycles. The van der Waals surface area contributed by atoms with Gasteiger partial charge in [-0.15, -0.1) is 0 Å². The van der Waals surface area contributed by atoms with Crippen LogP contribution in [0.4, 0.5) is 0 Å². The van der Waals surface area contributed by atoms with Crippen molar-refractivity contribution in [1.29, 1.82) is 0 Å². The number of hydrogen-bond donors (Lipinski definition) is 2. The molecule has 0 bridgehead atoms. The summed E-state index contributed by atoms with van der Waals surface area (Å²) >= 11 is 0. The average Bonchev–Trinajstić information content (AvgIpc) is 2.72. The second-order valence-corrected chi connectivity index (χ2v) is 3.93. The van der Waals surface area contributed by atoms with Gasteiger partial charge in [0.1, 0.15) is 5.76 Å². The highest BCUT2D eigenvalue weighted by molar-refractivity contribution is 5.03. The first kappa shape index (κ1) is 9.74. The largest absolute Gasteiger partial charge is 0.468 e. The first-order valence-electron chi connectivity index (χ1n) is 5.36. The molecule has 3 heteroatoms. The lowest BCUT2D eigenvalue weighted by Crippen LogP contribution is -2.40. The summed E-state index contributed by atoms with van der Waals surface area (Å²) in [5.41, 5.74) is 0. The first-order valence-corrected chi connectivity index (χ1v) is 5.36. The number of rotatable bonds is 3. The molecule has 14 heavy (non-hydrogen) atoms. The lowest BCUT2D eigenvalue weighted by molar-refractivity contribution is 0.333. The SMILES string of the molecule is C[C@@H](NC1CCNCC1)c1ccco1. The molecule has 0 saturated carbocycles. The maximum atomic E-state index is 5.36. The maximum absolute atomic E-state index is 5.36. The molecule has 1 aromatic heterocycles. The molecule has 3 nitrogen and oxygen atoms in total. The zero-order valence-electron chi connectivity index (χ0n) is 8.62. The topological polar surface area (TPSA) is 37.2 Å². The normalized spacial score (nSPS) is 20.9. The third kappa shape index (κ3) is 2.36. The number of furan rings is 1. The molecule has 0 amide bonds. The minimum absolute atomic E-state index is 0.327. The lowest BCUT2D eigenvalue weighted by atomic mass is 10.1. The fraction of sp³-hybridized carbons (Fsp3) is 0.636. The molecule has 1 aliphatic rings. The quantitative estimate of drug-likeness (QED) is 0.768. The van der Waals surface area contributed by atoms with E-state index in [2.05, 4.69) is 17.6 Å². The van der Waals surface area contributed by atoms with Gasteiger partial charge in [-0.1, -0.05) is 0 Å². The summed E-state index contributed by atoms with van der Waals surface area (Å²) in [6, 6.07) is 4.93. The van der Waals surface area contributed by atoms with E-state index >= 15 is 0 Å². The second kappa shape index (κ2) is 4.62. The Hall–Kier alpha value is -0.800. The molecule has 1 aromatic rings. The van der Waals surface area contributed by atoms with E-state index in [1.165, 1.54) is 12.8 Å². The molecule has 0 unspecified atom stereocenters. The van der Waals surface area contributed by atoms with E-state index in [0.717, 1.165) is 18.8 Å². The molecule has 78 valence electrons. The molecule has 0 spiro atoms. The van der Waals surface area contributed by atoms with E-state index in [4.69, 9.17) is 4.42 Å². The van der Waals surface area contributed by atoms with Crippen LogP contribution >= 0.6 is 0 Å². The summed E-state index contributed by atoms with van der Waals surface area (Å²) < 4.78 is 5.36. The van der Waals surface area contributed by atoms with Crippen LogP contribution in [-0.2, 0) is 0 Å². The van der Waals surface area contributed by atoms with Crippen LogP contribution in [0, 0.1) is 0 Å². The van der Waals surface area contributed by atoms with E-state index in [1.54, 1.807) is 6.26 Å². The molecule has 0 radical (unpaired) electrons. The number of hydrogen-bond acceptors (Lipinski definition) is 3. The molecule has 0 aromatic carbocycles. The van der Waals surface area contributed by atoms with Gasteiger partial charge in [0.15, 0.2) is 0 Å². The molecular formula is C11H18N2O. The van der Waals surface area contributed by atoms with Gasteiger partial charge in [0.25, 0.3) is 0 Å². The fourth-order valence-corrected chi connectivity index (χ4v) is 1.96. The van der Waals surface area contributed by atoms with E-state index in [0.29, 0.717) is 12.1 Å². The van der Waals surface area contributed by atoms with Crippen molar-refractivity contribution < 1.29 is 4.42 Å². The van der Waals surface area contributed by atoms with Crippen LogP contribution in [0.25, 0.3) is 0 Å².